The lowest BCUT2D eigenvalue weighted by Crippen LogP contribution is -2.35. The molecule has 1 N–H and O–H groups in total. The first-order chi connectivity index (χ1) is 14.4. The summed E-state index contributed by atoms with van der Waals surface area (Å²) in [5.74, 6) is -0.258. The molecule has 152 valence electrons. The van der Waals surface area contributed by atoms with E-state index in [0.717, 1.165) is 29.7 Å². The summed E-state index contributed by atoms with van der Waals surface area (Å²) in [6, 6.07) is 18.0. The molecule has 3 aromatic carbocycles. The molecule has 3 aromatic rings. The highest BCUT2D eigenvalue weighted by atomic mass is 35.5. The van der Waals surface area contributed by atoms with Gasteiger partial charge in [0, 0.05) is 29.0 Å². The first-order valence-electron chi connectivity index (χ1n) is 9.70. The van der Waals surface area contributed by atoms with Crippen LogP contribution in [0.15, 0.2) is 60.7 Å². The van der Waals surface area contributed by atoms with E-state index in [1.165, 1.54) is 0 Å². The van der Waals surface area contributed by atoms with Crippen molar-refractivity contribution in [2.75, 3.05) is 16.8 Å². The van der Waals surface area contributed by atoms with Gasteiger partial charge in [0.25, 0.3) is 11.8 Å². The fourth-order valence-electron chi connectivity index (χ4n) is 3.66. The summed E-state index contributed by atoms with van der Waals surface area (Å²) in [5.41, 5.74) is 4.67. The molecular formula is C24H20Cl2N2O2. The van der Waals surface area contributed by atoms with Gasteiger partial charge in [0.2, 0.25) is 0 Å². The molecular weight excluding hydrogens is 419 g/mol. The van der Waals surface area contributed by atoms with Gasteiger partial charge >= 0.3 is 0 Å². The van der Waals surface area contributed by atoms with Crippen molar-refractivity contribution in [2.45, 2.75) is 19.8 Å². The predicted octanol–water partition coefficient (Wildman–Crippen LogP) is 6.15. The second-order valence-corrected chi connectivity index (χ2v) is 8.17. The number of nitrogens with one attached hydrogen (secondary N) is 1. The molecule has 0 radical (unpaired) electrons. The van der Waals surface area contributed by atoms with Crippen molar-refractivity contribution in [3.05, 3.63) is 93.0 Å². The van der Waals surface area contributed by atoms with Crippen LogP contribution in [-0.4, -0.2) is 18.4 Å². The summed E-state index contributed by atoms with van der Waals surface area (Å²) >= 11 is 12.0. The summed E-state index contributed by atoms with van der Waals surface area (Å²) in [4.78, 5) is 27.6. The number of anilines is 2. The van der Waals surface area contributed by atoms with E-state index in [4.69, 9.17) is 23.2 Å². The summed E-state index contributed by atoms with van der Waals surface area (Å²) in [6.45, 7) is 2.63. The van der Waals surface area contributed by atoms with E-state index in [2.05, 4.69) is 5.32 Å². The van der Waals surface area contributed by atoms with Gasteiger partial charge < -0.3 is 10.2 Å². The van der Waals surface area contributed by atoms with E-state index in [1.54, 1.807) is 29.2 Å². The molecule has 6 heteroatoms. The molecule has 0 aliphatic carbocycles. The molecule has 4 nitrogen and oxygen atoms in total. The minimum absolute atomic E-state index is 0.0207. The van der Waals surface area contributed by atoms with E-state index in [-0.39, 0.29) is 11.8 Å². The predicted molar refractivity (Wildman–Crippen MR) is 122 cm³/mol. The number of aryl methyl sites for hydroxylation is 2. The Hall–Kier alpha value is -2.82. The average molecular weight is 439 g/mol. The number of fused-ring (bicyclic) bond motifs is 1. The zero-order valence-electron chi connectivity index (χ0n) is 16.4. The SMILES string of the molecule is Cc1cccc(C(=O)N2CCCc3cc(C(=O)Nc4ccc(Cl)c(Cl)c4)ccc32)c1. The van der Waals surface area contributed by atoms with E-state index in [1.807, 2.05) is 43.3 Å². The Labute approximate surface area is 185 Å². The summed E-state index contributed by atoms with van der Waals surface area (Å²) in [6.07, 6.45) is 1.67. The van der Waals surface area contributed by atoms with Crippen LogP contribution in [0.4, 0.5) is 11.4 Å². The van der Waals surface area contributed by atoms with E-state index < -0.39 is 0 Å². The van der Waals surface area contributed by atoms with Crippen LogP contribution in [0.1, 0.15) is 38.3 Å². The maximum atomic E-state index is 13.1. The maximum absolute atomic E-state index is 13.1. The van der Waals surface area contributed by atoms with Gasteiger partial charge in [0.1, 0.15) is 0 Å². The van der Waals surface area contributed by atoms with Crippen LogP contribution >= 0.6 is 23.2 Å². The van der Waals surface area contributed by atoms with Crippen molar-refractivity contribution in [3.8, 4) is 0 Å². The molecule has 1 aliphatic heterocycles. The van der Waals surface area contributed by atoms with Crippen molar-refractivity contribution >= 4 is 46.4 Å². The summed E-state index contributed by atoms with van der Waals surface area (Å²) in [5, 5.41) is 3.65. The second-order valence-electron chi connectivity index (χ2n) is 7.36. The molecule has 4 rings (SSSR count). The zero-order chi connectivity index (χ0) is 21.3. The number of nitrogens with zero attached hydrogens (tertiary/aromatic N) is 1. The average Bonchev–Trinajstić information content (AvgIpc) is 2.75. The van der Waals surface area contributed by atoms with Gasteiger partial charge in [-0.05, 0) is 73.9 Å². The molecule has 0 bridgehead atoms. The normalized spacial score (nSPS) is 13.0. The molecule has 0 saturated heterocycles. The van der Waals surface area contributed by atoms with Crippen LogP contribution in [0.2, 0.25) is 10.0 Å². The number of amides is 2. The summed E-state index contributed by atoms with van der Waals surface area (Å²) in [7, 11) is 0. The Bertz CT molecular complexity index is 1140. The Balaban J connectivity index is 1.57. The smallest absolute Gasteiger partial charge is 0.258 e. The Morgan fingerprint density at radius 1 is 0.933 bits per heavy atom. The van der Waals surface area contributed by atoms with Gasteiger partial charge in [-0.3, -0.25) is 9.59 Å². The van der Waals surface area contributed by atoms with Crippen molar-refractivity contribution < 1.29 is 9.59 Å². The molecule has 0 fully saturated rings. The van der Waals surface area contributed by atoms with Crippen molar-refractivity contribution in [1.82, 2.24) is 0 Å². The Morgan fingerprint density at radius 3 is 2.53 bits per heavy atom. The number of hydrogen-bond acceptors (Lipinski definition) is 2. The van der Waals surface area contributed by atoms with Gasteiger partial charge in [-0.25, -0.2) is 0 Å². The van der Waals surface area contributed by atoms with Crippen LogP contribution in [-0.2, 0) is 6.42 Å². The van der Waals surface area contributed by atoms with Crippen LogP contribution < -0.4 is 10.2 Å². The largest absolute Gasteiger partial charge is 0.322 e. The second kappa shape index (κ2) is 8.50. The minimum atomic E-state index is -0.238. The number of halogens is 2. The lowest BCUT2D eigenvalue weighted by molar-refractivity contribution is 0.0984. The molecule has 2 amide bonds. The number of benzene rings is 3. The van der Waals surface area contributed by atoms with E-state index in [9.17, 15) is 9.59 Å². The monoisotopic (exact) mass is 438 g/mol. The van der Waals surface area contributed by atoms with E-state index in [0.29, 0.717) is 33.4 Å². The van der Waals surface area contributed by atoms with Crippen LogP contribution in [0.3, 0.4) is 0 Å². The van der Waals surface area contributed by atoms with Gasteiger partial charge in [-0.15, -0.1) is 0 Å². The number of carbonyl (C=O) groups excluding carboxylic acids is 2. The molecule has 1 aliphatic rings. The number of hydrogen-bond donors (Lipinski definition) is 1. The van der Waals surface area contributed by atoms with Gasteiger partial charge in [0.05, 0.1) is 10.0 Å². The van der Waals surface area contributed by atoms with Gasteiger partial charge in [0.15, 0.2) is 0 Å². The number of carbonyl (C=O) groups is 2. The Kier molecular flexibility index (Phi) is 5.80. The molecule has 0 atom stereocenters. The molecule has 0 aromatic heterocycles. The highest BCUT2D eigenvalue weighted by molar-refractivity contribution is 6.42. The minimum Gasteiger partial charge on any atom is -0.322 e. The lowest BCUT2D eigenvalue weighted by atomic mass is 9.98. The highest BCUT2D eigenvalue weighted by Crippen LogP contribution is 2.30. The van der Waals surface area contributed by atoms with Crippen LogP contribution in [0.25, 0.3) is 0 Å². The fourth-order valence-corrected chi connectivity index (χ4v) is 3.96. The zero-order valence-corrected chi connectivity index (χ0v) is 17.9. The molecule has 30 heavy (non-hydrogen) atoms. The third-order valence-corrected chi connectivity index (χ3v) is 5.89. The van der Waals surface area contributed by atoms with Crippen molar-refractivity contribution in [2.24, 2.45) is 0 Å². The van der Waals surface area contributed by atoms with Crippen molar-refractivity contribution in [1.29, 1.82) is 0 Å². The standard InChI is InChI=1S/C24H20Cl2N2O2/c1-15-4-2-5-18(12-15)24(30)28-11-3-6-16-13-17(7-10-22(16)28)23(29)27-19-8-9-20(25)21(26)14-19/h2,4-5,7-10,12-14H,3,6,11H2,1H3,(H,27,29). The molecule has 0 spiro atoms. The first-order valence-corrected chi connectivity index (χ1v) is 10.5. The first kappa shape index (κ1) is 20.5. The lowest BCUT2D eigenvalue weighted by Gasteiger charge is -2.30. The maximum Gasteiger partial charge on any atom is 0.258 e. The molecule has 0 unspecified atom stereocenters. The van der Waals surface area contributed by atoms with E-state index >= 15 is 0 Å². The third kappa shape index (κ3) is 4.20. The Morgan fingerprint density at radius 2 is 1.77 bits per heavy atom. The molecule has 1 heterocycles. The number of rotatable bonds is 3. The van der Waals surface area contributed by atoms with Crippen LogP contribution in [0.5, 0.6) is 0 Å². The van der Waals surface area contributed by atoms with Crippen molar-refractivity contribution in [3.63, 3.8) is 0 Å². The van der Waals surface area contributed by atoms with Crippen LogP contribution in [0, 0.1) is 6.92 Å². The quantitative estimate of drug-likeness (QED) is 0.533. The van der Waals surface area contributed by atoms with Gasteiger partial charge in [-0.2, -0.15) is 0 Å². The molecule has 0 saturated carbocycles. The van der Waals surface area contributed by atoms with Gasteiger partial charge in [-0.1, -0.05) is 40.9 Å². The highest BCUT2D eigenvalue weighted by Gasteiger charge is 2.24. The summed E-state index contributed by atoms with van der Waals surface area (Å²) < 4.78 is 0. The third-order valence-electron chi connectivity index (χ3n) is 5.15. The fraction of sp³-hybridized carbons (Fsp3) is 0.167. The topological polar surface area (TPSA) is 49.4 Å².